The van der Waals surface area contributed by atoms with Crippen molar-refractivity contribution in [3.8, 4) is 11.5 Å². The second kappa shape index (κ2) is 6.70. The minimum absolute atomic E-state index is 0.343. The van der Waals surface area contributed by atoms with Crippen LogP contribution >= 0.6 is 11.3 Å². The van der Waals surface area contributed by atoms with Crippen LogP contribution in [0.4, 0.5) is 5.69 Å². The van der Waals surface area contributed by atoms with E-state index in [2.05, 4.69) is 5.32 Å². The van der Waals surface area contributed by atoms with Crippen molar-refractivity contribution in [3.63, 3.8) is 0 Å². The summed E-state index contributed by atoms with van der Waals surface area (Å²) in [5.41, 5.74) is 1.40. The number of rotatable bonds is 4. The Bertz CT molecular complexity index is 740. The first-order chi connectivity index (χ1) is 11.1. The fourth-order valence-electron chi connectivity index (χ4n) is 2.10. The summed E-state index contributed by atoms with van der Waals surface area (Å²) in [5.74, 6) is 0.327. The topological polar surface area (TPSA) is 73.9 Å². The lowest BCUT2D eigenvalue weighted by Crippen LogP contribution is -2.21. The van der Waals surface area contributed by atoms with Gasteiger partial charge in [0.05, 0.1) is 0 Å². The highest BCUT2D eigenvalue weighted by Crippen LogP contribution is 2.32. The molecule has 0 saturated heterocycles. The first-order valence-corrected chi connectivity index (χ1v) is 7.92. The van der Waals surface area contributed by atoms with Crippen LogP contribution in [-0.2, 0) is 9.53 Å². The van der Waals surface area contributed by atoms with E-state index in [-0.39, 0.29) is 6.61 Å². The van der Waals surface area contributed by atoms with E-state index < -0.39 is 11.9 Å². The number of carbonyl (C=O) groups is 2. The van der Waals surface area contributed by atoms with Crippen molar-refractivity contribution < 1.29 is 23.8 Å². The van der Waals surface area contributed by atoms with Crippen LogP contribution < -0.4 is 14.8 Å². The number of aryl methyl sites for hydroxylation is 1. The molecule has 1 N–H and O–H groups in total. The van der Waals surface area contributed by atoms with Crippen LogP contribution in [0, 0.1) is 6.92 Å². The molecule has 120 valence electrons. The summed E-state index contributed by atoms with van der Waals surface area (Å²) in [6.45, 7) is 2.46. The highest BCUT2D eigenvalue weighted by atomic mass is 32.1. The van der Waals surface area contributed by atoms with Crippen molar-refractivity contribution >= 4 is 28.9 Å². The number of esters is 1. The maximum Gasteiger partial charge on any atom is 0.349 e. The van der Waals surface area contributed by atoms with Crippen molar-refractivity contribution in [2.24, 2.45) is 0 Å². The molecule has 2 heterocycles. The third-order valence-electron chi connectivity index (χ3n) is 3.21. The molecule has 0 fully saturated rings. The van der Waals surface area contributed by atoms with Crippen molar-refractivity contribution in [1.29, 1.82) is 0 Å². The van der Waals surface area contributed by atoms with E-state index in [9.17, 15) is 9.59 Å². The summed E-state index contributed by atoms with van der Waals surface area (Å²) < 4.78 is 15.9. The molecule has 6 nitrogen and oxygen atoms in total. The van der Waals surface area contributed by atoms with Crippen molar-refractivity contribution in [3.05, 3.63) is 40.1 Å². The van der Waals surface area contributed by atoms with Gasteiger partial charge in [-0.25, -0.2) is 4.79 Å². The number of benzene rings is 1. The number of carbonyl (C=O) groups excluding carboxylic acids is 2. The van der Waals surface area contributed by atoms with Gasteiger partial charge in [0.1, 0.15) is 18.1 Å². The molecule has 0 bridgehead atoms. The van der Waals surface area contributed by atoms with Gasteiger partial charge in [-0.2, -0.15) is 0 Å². The second-order valence-electron chi connectivity index (χ2n) is 4.92. The average molecular weight is 333 g/mol. The minimum atomic E-state index is -0.491. The molecule has 2 aromatic rings. The molecule has 1 aliphatic rings. The predicted molar refractivity (Wildman–Crippen MR) is 85.4 cm³/mol. The van der Waals surface area contributed by atoms with Crippen LogP contribution in [0.25, 0.3) is 0 Å². The number of nitrogens with one attached hydrogen (secondary N) is 1. The SMILES string of the molecule is Cc1ccsc1C(=O)OCC(=O)Nc1ccc2c(c1)OCCO2. The number of thiophene rings is 1. The quantitative estimate of drug-likeness (QED) is 0.871. The number of hydrogen-bond acceptors (Lipinski definition) is 6. The lowest BCUT2D eigenvalue weighted by atomic mass is 10.2. The van der Waals surface area contributed by atoms with Gasteiger partial charge < -0.3 is 19.5 Å². The Hall–Kier alpha value is -2.54. The number of ether oxygens (including phenoxy) is 3. The molecular weight excluding hydrogens is 318 g/mol. The van der Waals surface area contributed by atoms with Crippen LogP contribution in [0.3, 0.4) is 0 Å². The maximum atomic E-state index is 11.9. The molecule has 7 heteroatoms. The first-order valence-electron chi connectivity index (χ1n) is 7.04. The normalized spacial score (nSPS) is 12.6. The smallest absolute Gasteiger partial charge is 0.349 e. The summed E-state index contributed by atoms with van der Waals surface area (Å²) in [5, 5.41) is 4.47. The van der Waals surface area contributed by atoms with Gasteiger partial charge >= 0.3 is 5.97 Å². The van der Waals surface area contributed by atoms with Crippen LogP contribution in [0.1, 0.15) is 15.2 Å². The van der Waals surface area contributed by atoms with E-state index in [4.69, 9.17) is 14.2 Å². The van der Waals surface area contributed by atoms with E-state index >= 15 is 0 Å². The van der Waals surface area contributed by atoms with Gasteiger partial charge in [-0.05, 0) is 36.1 Å². The molecule has 1 aromatic heterocycles. The molecule has 0 radical (unpaired) electrons. The van der Waals surface area contributed by atoms with Gasteiger partial charge in [-0.15, -0.1) is 11.3 Å². The summed E-state index contributed by atoms with van der Waals surface area (Å²) in [6.07, 6.45) is 0. The third-order valence-corrected chi connectivity index (χ3v) is 4.20. The highest BCUT2D eigenvalue weighted by molar-refractivity contribution is 7.12. The fourth-order valence-corrected chi connectivity index (χ4v) is 2.91. The summed E-state index contributed by atoms with van der Waals surface area (Å²) in [6, 6.07) is 6.94. The summed E-state index contributed by atoms with van der Waals surface area (Å²) >= 11 is 1.29. The Morgan fingerprint density at radius 1 is 1.22 bits per heavy atom. The maximum absolute atomic E-state index is 11.9. The monoisotopic (exact) mass is 333 g/mol. The standard InChI is InChI=1S/C16H15NO5S/c1-10-4-7-23-15(10)16(19)22-9-14(18)17-11-2-3-12-13(8-11)21-6-5-20-12/h2-4,7-8H,5-6,9H2,1H3,(H,17,18). The molecule has 3 rings (SSSR count). The van der Waals surface area contributed by atoms with E-state index in [1.807, 2.05) is 13.0 Å². The van der Waals surface area contributed by atoms with Gasteiger partial charge in [-0.1, -0.05) is 0 Å². The molecule has 0 aliphatic carbocycles. The summed E-state index contributed by atoms with van der Waals surface area (Å²) in [4.78, 5) is 24.2. The van der Waals surface area contributed by atoms with E-state index in [1.165, 1.54) is 11.3 Å². The second-order valence-corrected chi connectivity index (χ2v) is 5.83. The van der Waals surface area contributed by atoms with Crippen LogP contribution in [0.15, 0.2) is 29.6 Å². The van der Waals surface area contributed by atoms with Gasteiger partial charge in [0.25, 0.3) is 5.91 Å². The zero-order valence-electron chi connectivity index (χ0n) is 12.5. The molecule has 0 saturated carbocycles. The summed E-state index contributed by atoms with van der Waals surface area (Å²) in [7, 11) is 0. The Labute approximate surface area is 137 Å². The number of anilines is 1. The molecule has 0 atom stereocenters. The molecule has 1 amide bonds. The zero-order chi connectivity index (χ0) is 16.2. The Balaban J connectivity index is 1.55. The number of amides is 1. The molecule has 23 heavy (non-hydrogen) atoms. The van der Waals surface area contributed by atoms with Crippen LogP contribution in [0.2, 0.25) is 0 Å². The van der Waals surface area contributed by atoms with Crippen LogP contribution in [-0.4, -0.2) is 31.7 Å². The molecule has 1 aliphatic heterocycles. The zero-order valence-corrected chi connectivity index (χ0v) is 13.3. The van der Waals surface area contributed by atoms with E-state index in [1.54, 1.807) is 23.6 Å². The lowest BCUT2D eigenvalue weighted by Gasteiger charge is -2.19. The number of hydrogen-bond donors (Lipinski definition) is 1. The molecule has 0 spiro atoms. The molecule has 0 unspecified atom stereocenters. The predicted octanol–water partition coefficient (Wildman–Crippen LogP) is 2.62. The number of fused-ring (bicyclic) bond motifs is 1. The lowest BCUT2D eigenvalue weighted by molar-refractivity contribution is -0.119. The fraction of sp³-hybridized carbons (Fsp3) is 0.250. The Morgan fingerprint density at radius 3 is 2.74 bits per heavy atom. The Morgan fingerprint density at radius 2 is 2.00 bits per heavy atom. The molecule has 1 aromatic carbocycles. The van der Waals surface area contributed by atoms with Gasteiger partial charge in [0, 0.05) is 11.8 Å². The van der Waals surface area contributed by atoms with Crippen LogP contribution in [0.5, 0.6) is 11.5 Å². The van der Waals surface area contributed by atoms with Crippen molar-refractivity contribution in [1.82, 2.24) is 0 Å². The average Bonchev–Trinajstić information content (AvgIpc) is 2.98. The first kappa shape index (κ1) is 15.4. The van der Waals surface area contributed by atoms with Gasteiger partial charge in [-0.3, -0.25) is 4.79 Å². The van der Waals surface area contributed by atoms with Crippen molar-refractivity contribution in [2.75, 3.05) is 25.1 Å². The molecular formula is C16H15NO5S. The largest absolute Gasteiger partial charge is 0.486 e. The van der Waals surface area contributed by atoms with E-state index in [0.29, 0.717) is 35.3 Å². The van der Waals surface area contributed by atoms with Crippen molar-refractivity contribution in [2.45, 2.75) is 6.92 Å². The van der Waals surface area contributed by atoms with Gasteiger partial charge in [0.15, 0.2) is 18.1 Å². The minimum Gasteiger partial charge on any atom is -0.486 e. The van der Waals surface area contributed by atoms with Gasteiger partial charge in [0.2, 0.25) is 0 Å². The van der Waals surface area contributed by atoms with E-state index in [0.717, 1.165) is 5.56 Å². The highest BCUT2D eigenvalue weighted by Gasteiger charge is 2.15. The Kier molecular flexibility index (Phi) is 4.47. The third kappa shape index (κ3) is 3.62.